The van der Waals surface area contributed by atoms with E-state index >= 15 is 0 Å². The van der Waals surface area contributed by atoms with E-state index in [1.807, 2.05) is 39.3 Å². The summed E-state index contributed by atoms with van der Waals surface area (Å²) in [7, 11) is 4.08. The van der Waals surface area contributed by atoms with Gasteiger partial charge in [-0.3, -0.25) is 4.98 Å². The van der Waals surface area contributed by atoms with Crippen LogP contribution in [0.3, 0.4) is 0 Å². The van der Waals surface area contributed by atoms with Gasteiger partial charge in [-0.05, 0) is 105 Å². The summed E-state index contributed by atoms with van der Waals surface area (Å²) in [5.41, 5.74) is 10.6. The summed E-state index contributed by atoms with van der Waals surface area (Å²) in [6.45, 7) is 3.55. The highest BCUT2D eigenvalue weighted by molar-refractivity contribution is 6.04. The summed E-state index contributed by atoms with van der Waals surface area (Å²) in [6, 6.07) is 21.0. The molecule has 0 unspecified atom stereocenters. The van der Waals surface area contributed by atoms with Gasteiger partial charge in [0.15, 0.2) is 0 Å². The van der Waals surface area contributed by atoms with E-state index in [1.54, 1.807) is 0 Å². The maximum absolute atomic E-state index is 9.30. The molecule has 2 aromatic carbocycles. The average molecular weight is 467 g/mol. The fourth-order valence-electron chi connectivity index (χ4n) is 4.58. The largest absolute Gasteiger partial charge is 0.492 e. The Morgan fingerprint density at radius 2 is 1.74 bits per heavy atom. The van der Waals surface area contributed by atoms with Crippen molar-refractivity contribution in [3.63, 3.8) is 0 Å². The molecule has 1 aliphatic carbocycles. The van der Waals surface area contributed by atoms with Crippen LogP contribution < -0.4 is 4.74 Å². The third-order valence-electron chi connectivity index (χ3n) is 6.45. The molecule has 0 bridgehead atoms. The Kier molecular flexibility index (Phi) is 6.38. The van der Waals surface area contributed by atoms with E-state index in [9.17, 15) is 5.21 Å². The number of nitrogens with zero attached hydrogens (tertiary/aromatic N) is 3. The van der Waals surface area contributed by atoms with E-state index in [0.29, 0.717) is 6.61 Å². The highest BCUT2D eigenvalue weighted by atomic mass is 16.5. The first-order valence-corrected chi connectivity index (χ1v) is 11.9. The summed E-state index contributed by atoms with van der Waals surface area (Å²) in [4.78, 5) is 10.2. The molecule has 0 saturated heterocycles. The van der Waals surface area contributed by atoms with Crippen molar-refractivity contribution in [2.24, 2.45) is 5.16 Å². The molecule has 2 N–H and O–H groups in total. The number of aryl methyl sites for hydroxylation is 2. The number of rotatable bonds is 7. The second-order valence-electron chi connectivity index (χ2n) is 9.25. The molecule has 0 saturated carbocycles. The van der Waals surface area contributed by atoms with Gasteiger partial charge >= 0.3 is 0 Å². The zero-order chi connectivity index (χ0) is 24.4. The van der Waals surface area contributed by atoms with Crippen molar-refractivity contribution >= 4 is 5.71 Å². The van der Waals surface area contributed by atoms with Crippen molar-refractivity contribution in [1.29, 1.82) is 0 Å². The van der Waals surface area contributed by atoms with Gasteiger partial charge in [-0.2, -0.15) is 0 Å². The third kappa shape index (κ3) is 4.84. The van der Waals surface area contributed by atoms with Crippen LogP contribution in [-0.4, -0.2) is 53.0 Å². The van der Waals surface area contributed by atoms with Gasteiger partial charge in [-0.15, -0.1) is 0 Å². The molecule has 0 spiro atoms. The number of hydrogen-bond acceptors (Lipinski definition) is 5. The zero-order valence-electron chi connectivity index (χ0n) is 20.4. The monoisotopic (exact) mass is 466 g/mol. The number of pyridine rings is 1. The second-order valence-corrected chi connectivity index (χ2v) is 9.25. The zero-order valence-corrected chi connectivity index (χ0v) is 20.4. The number of oxime groups is 1. The van der Waals surface area contributed by atoms with E-state index in [2.05, 4.69) is 68.6 Å². The van der Waals surface area contributed by atoms with Crippen molar-refractivity contribution in [3.8, 4) is 39.4 Å². The van der Waals surface area contributed by atoms with Crippen LogP contribution in [0.1, 0.15) is 23.2 Å². The molecule has 2 aromatic heterocycles. The second kappa shape index (κ2) is 9.76. The molecule has 6 nitrogen and oxygen atoms in total. The number of aromatic amines is 1. The van der Waals surface area contributed by atoms with E-state index in [4.69, 9.17) is 4.74 Å². The quantitative estimate of drug-likeness (QED) is 0.267. The van der Waals surface area contributed by atoms with E-state index < -0.39 is 0 Å². The molecule has 0 amide bonds. The van der Waals surface area contributed by atoms with Crippen LogP contribution in [0.4, 0.5) is 0 Å². The van der Waals surface area contributed by atoms with Crippen LogP contribution in [0.25, 0.3) is 33.6 Å². The number of nitrogens with one attached hydrogen (secondary N) is 1. The summed E-state index contributed by atoms with van der Waals surface area (Å²) in [6.07, 6.45) is 3.51. The molecule has 1 aliphatic rings. The Morgan fingerprint density at radius 1 is 0.943 bits per heavy atom. The molecule has 178 valence electrons. The third-order valence-corrected chi connectivity index (χ3v) is 6.45. The standard InChI is InChI=1S/C29H30N4O2/c1-19-16-22(12-13-30-19)26-18-28(20-4-8-24(9-5-20)35-15-14-33(2)3)31-29(26)23-6-10-25-21(17-23)7-11-27(25)32-34/h4-6,8-10,12-13,16-18,31,34H,7,11,14-15H2,1-3H3/b32-27+. The van der Waals surface area contributed by atoms with Gasteiger partial charge in [-0.1, -0.05) is 17.3 Å². The lowest BCUT2D eigenvalue weighted by molar-refractivity contribution is 0.261. The summed E-state index contributed by atoms with van der Waals surface area (Å²) >= 11 is 0. The Balaban J connectivity index is 1.52. The van der Waals surface area contributed by atoms with Crippen LogP contribution in [-0.2, 0) is 6.42 Å². The average Bonchev–Trinajstić information content (AvgIpc) is 3.48. The fraction of sp³-hybridized carbons (Fsp3) is 0.241. The molecule has 0 aliphatic heterocycles. The molecule has 0 atom stereocenters. The molecule has 2 heterocycles. The maximum Gasteiger partial charge on any atom is 0.119 e. The molecule has 5 rings (SSSR count). The molecular formula is C29H30N4O2. The number of ether oxygens (including phenoxy) is 1. The smallest absolute Gasteiger partial charge is 0.119 e. The SMILES string of the molecule is Cc1cc(-c2cc(-c3ccc(OCCN(C)C)cc3)[nH]c2-c2ccc3c(c2)CC/C3=N\O)ccn1. The van der Waals surface area contributed by atoms with Crippen molar-refractivity contribution in [2.75, 3.05) is 27.2 Å². The van der Waals surface area contributed by atoms with Crippen LogP contribution in [0.2, 0.25) is 0 Å². The topological polar surface area (TPSA) is 73.7 Å². The molecule has 6 heteroatoms. The van der Waals surface area contributed by atoms with Crippen molar-refractivity contribution < 1.29 is 9.94 Å². The van der Waals surface area contributed by atoms with Crippen LogP contribution in [0.5, 0.6) is 5.75 Å². The van der Waals surface area contributed by atoms with Crippen LogP contribution in [0.15, 0.2) is 72.0 Å². The Hall–Kier alpha value is -3.90. The Labute approximate surface area is 205 Å². The number of likely N-dealkylation sites (N-methyl/N-ethyl adjacent to an activating group) is 1. The predicted molar refractivity (Wildman–Crippen MR) is 140 cm³/mol. The lowest BCUT2D eigenvalue weighted by Crippen LogP contribution is -2.19. The van der Waals surface area contributed by atoms with E-state index in [0.717, 1.165) is 75.7 Å². The van der Waals surface area contributed by atoms with E-state index in [-0.39, 0.29) is 0 Å². The van der Waals surface area contributed by atoms with Crippen LogP contribution in [0, 0.1) is 6.92 Å². The highest BCUT2D eigenvalue weighted by Gasteiger charge is 2.21. The molecule has 4 aromatic rings. The number of fused-ring (bicyclic) bond motifs is 1. The van der Waals surface area contributed by atoms with Gasteiger partial charge < -0.3 is 19.8 Å². The summed E-state index contributed by atoms with van der Waals surface area (Å²) < 4.78 is 5.86. The first kappa shape index (κ1) is 22.9. The first-order valence-electron chi connectivity index (χ1n) is 11.9. The van der Waals surface area contributed by atoms with Gasteiger partial charge in [0, 0.05) is 35.3 Å². The number of benzene rings is 2. The maximum atomic E-state index is 9.30. The van der Waals surface area contributed by atoms with Crippen molar-refractivity contribution in [2.45, 2.75) is 19.8 Å². The lowest BCUT2D eigenvalue weighted by Gasteiger charge is -2.11. The summed E-state index contributed by atoms with van der Waals surface area (Å²) in [5, 5.41) is 12.8. The minimum absolute atomic E-state index is 0.658. The highest BCUT2D eigenvalue weighted by Crippen LogP contribution is 2.38. The Morgan fingerprint density at radius 3 is 2.49 bits per heavy atom. The minimum atomic E-state index is 0.658. The van der Waals surface area contributed by atoms with Gasteiger partial charge in [0.25, 0.3) is 0 Å². The molecule has 0 fully saturated rings. The van der Waals surface area contributed by atoms with Gasteiger partial charge in [-0.25, -0.2) is 0 Å². The summed E-state index contributed by atoms with van der Waals surface area (Å²) in [5.74, 6) is 0.868. The minimum Gasteiger partial charge on any atom is -0.492 e. The van der Waals surface area contributed by atoms with Crippen molar-refractivity contribution in [1.82, 2.24) is 14.9 Å². The van der Waals surface area contributed by atoms with Gasteiger partial charge in [0.2, 0.25) is 0 Å². The van der Waals surface area contributed by atoms with Gasteiger partial charge in [0.1, 0.15) is 12.4 Å². The van der Waals surface area contributed by atoms with Crippen molar-refractivity contribution in [3.05, 3.63) is 83.7 Å². The molecule has 0 radical (unpaired) electrons. The normalized spacial score (nSPS) is 14.0. The number of H-pyrrole nitrogens is 1. The Bertz CT molecular complexity index is 1370. The predicted octanol–water partition coefficient (Wildman–Crippen LogP) is 5.78. The number of hydrogen-bond donors (Lipinski definition) is 2. The molecule has 35 heavy (non-hydrogen) atoms. The lowest BCUT2D eigenvalue weighted by atomic mass is 9.98. The van der Waals surface area contributed by atoms with Crippen LogP contribution >= 0.6 is 0 Å². The molecular weight excluding hydrogens is 436 g/mol. The van der Waals surface area contributed by atoms with Gasteiger partial charge in [0.05, 0.1) is 11.4 Å². The number of aromatic nitrogens is 2. The van der Waals surface area contributed by atoms with E-state index in [1.165, 1.54) is 5.56 Å². The fourth-order valence-corrected chi connectivity index (χ4v) is 4.58. The first-order chi connectivity index (χ1) is 17.0.